The van der Waals surface area contributed by atoms with Crippen LogP contribution in [-0.4, -0.2) is 32.7 Å². The molecule has 220 valence electrons. The average molecular weight is 733 g/mol. The summed E-state index contributed by atoms with van der Waals surface area (Å²) in [5.74, 6) is -0.205. The van der Waals surface area contributed by atoms with Gasteiger partial charge >= 0.3 is 0 Å². The van der Waals surface area contributed by atoms with Crippen LogP contribution < -0.4 is 0 Å². The molecule has 6 aromatic carbocycles. The second-order valence-electron chi connectivity index (χ2n) is 10.8. The van der Waals surface area contributed by atoms with E-state index in [2.05, 4.69) is 0 Å². The van der Waals surface area contributed by atoms with Gasteiger partial charge in [0.2, 0.25) is 0 Å². The van der Waals surface area contributed by atoms with E-state index in [1.165, 1.54) is 18.2 Å². The minimum Gasteiger partial charge on any atom is -0.507 e. The first-order valence-electron chi connectivity index (χ1n) is 14.2. The van der Waals surface area contributed by atoms with E-state index in [1.54, 1.807) is 36.4 Å². The third-order valence-electron chi connectivity index (χ3n) is 8.15. The molecule has 0 saturated heterocycles. The zero-order valence-corrected chi connectivity index (χ0v) is 27.4. The van der Waals surface area contributed by atoms with Crippen LogP contribution in [0.15, 0.2) is 109 Å². The van der Waals surface area contributed by atoms with Crippen molar-refractivity contribution < 1.29 is 70.5 Å². The molecule has 0 radical (unpaired) electrons. The summed E-state index contributed by atoms with van der Waals surface area (Å²) in [5, 5.41) is 34.6. The van der Waals surface area contributed by atoms with Crippen LogP contribution in [-0.2, 0) is 0 Å². The topological polar surface area (TPSA) is 112 Å². The summed E-state index contributed by atoms with van der Waals surface area (Å²) in [5.41, 5.74) is 4.22. The molecule has 0 spiro atoms. The van der Waals surface area contributed by atoms with E-state index >= 15 is 0 Å². The molecule has 0 aliphatic heterocycles. The molecule has 0 saturated carbocycles. The Balaban J connectivity index is 0.000000120. The normalized spacial score (nSPS) is 13.2. The number of rotatable bonds is 0. The molecule has 7 heteroatoms. The fraction of sp³-hybridized carbons (Fsp3) is 0. The molecular weight excluding hydrogens is 709 g/mol. The van der Waals surface area contributed by atoms with Gasteiger partial charge in [0.25, 0.3) is 0 Å². The third kappa shape index (κ3) is 5.33. The van der Waals surface area contributed by atoms with Gasteiger partial charge in [-0.3, -0.25) is 14.4 Å². The Labute approximate surface area is 296 Å². The number of hydrogen-bond acceptors (Lipinski definition) is 6. The first-order valence-corrected chi connectivity index (χ1v) is 14.2. The molecule has 0 amide bonds. The number of benzene rings is 6. The van der Waals surface area contributed by atoms with Gasteiger partial charge in [0.15, 0.2) is 17.3 Å². The van der Waals surface area contributed by atoms with E-state index < -0.39 is 0 Å². The minimum absolute atomic E-state index is 0. The van der Waals surface area contributed by atoms with Crippen LogP contribution in [0, 0.1) is 40.8 Å². The Morgan fingerprint density at radius 1 is 0.348 bits per heavy atom. The van der Waals surface area contributed by atoms with Crippen LogP contribution >= 0.6 is 0 Å². The SMILES string of the molecule is O=C1C=Cc2cccc3ccc(O)c1c23.O=C1C=Cc2cccc3ccc(O)c1c23.O=C1C=Cc2cccc3ccc(O)c1c23.[Nd]. The molecule has 0 atom stereocenters. The Morgan fingerprint density at radius 2 is 0.630 bits per heavy atom. The number of aromatic hydroxyl groups is 3. The van der Waals surface area contributed by atoms with Gasteiger partial charge in [-0.25, -0.2) is 0 Å². The predicted molar refractivity (Wildman–Crippen MR) is 177 cm³/mol. The maximum Gasteiger partial charge on any atom is 0.190 e. The van der Waals surface area contributed by atoms with Crippen molar-refractivity contribution in [3.63, 3.8) is 0 Å². The number of allylic oxidation sites excluding steroid dienone is 3. The van der Waals surface area contributed by atoms with Crippen molar-refractivity contribution in [2.24, 2.45) is 0 Å². The Hall–Kier alpha value is -4.92. The van der Waals surface area contributed by atoms with Gasteiger partial charge in [0.05, 0.1) is 16.7 Å². The van der Waals surface area contributed by atoms with Crippen LogP contribution in [0.2, 0.25) is 0 Å². The van der Waals surface area contributed by atoms with Crippen LogP contribution in [0.3, 0.4) is 0 Å². The van der Waals surface area contributed by atoms with Crippen LogP contribution in [0.25, 0.3) is 50.5 Å². The number of hydrogen-bond donors (Lipinski definition) is 3. The summed E-state index contributed by atoms with van der Waals surface area (Å²) in [6.45, 7) is 0. The summed E-state index contributed by atoms with van der Waals surface area (Å²) in [7, 11) is 0. The number of ketones is 3. The molecule has 3 N–H and O–H groups in total. The number of carbonyl (C=O) groups is 3. The van der Waals surface area contributed by atoms with Crippen molar-refractivity contribution >= 4 is 67.9 Å². The molecule has 0 unspecified atom stereocenters. The van der Waals surface area contributed by atoms with Gasteiger partial charge in [-0.05, 0) is 69.3 Å². The molecule has 0 aromatic heterocycles. The second-order valence-corrected chi connectivity index (χ2v) is 10.8. The predicted octanol–water partition coefficient (Wildman–Crippen LogP) is 8.26. The molecule has 0 heterocycles. The van der Waals surface area contributed by atoms with E-state index in [0.717, 1.165) is 49.0 Å². The summed E-state index contributed by atoms with van der Waals surface area (Å²) >= 11 is 0. The van der Waals surface area contributed by atoms with E-state index in [9.17, 15) is 29.7 Å². The first kappa shape index (κ1) is 31.1. The molecule has 6 nitrogen and oxygen atoms in total. The van der Waals surface area contributed by atoms with E-state index in [-0.39, 0.29) is 75.4 Å². The van der Waals surface area contributed by atoms with Gasteiger partial charge in [-0.15, -0.1) is 0 Å². The van der Waals surface area contributed by atoms with Crippen molar-refractivity contribution in [2.45, 2.75) is 0 Å². The summed E-state index contributed by atoms with van der Waals surface area (Å²) in [4.78, 5) is 34.9. The minimum atomic E-state index is -0.128. The monoisotopic (exact) mass is 730 g/mol. The van der Waals surface area contributed by atoms with Gasteiger partial charge in [-0.2, -0.15) is 0 Å². The molecule has 3 aliphatic rings. The smallest absolute Gasteiger partial charge is 0.190 e. The number of phenolic OH excluding ortho intramolecular Hbond substituents is 3. The van der Waals surface area contributed by atoms with Crippen LogP contribution in [0.4, 0.5) is 0 Å². The Kier molecular flexibility index (Phi) is 8.42. The van der Waals surface area contributed by atoms with Gasteiger partial charge < -0.3 is 15.3 Å². The quantitative estimate of drug-likeness (QED) is 0.145. The summed E-state index contributed by atoms with van der Waals surface area (Å²) in [6.07, 6.45) is 9.86. The molecule has 6 aromatic rings. The second kappa shape index (κ2) is 12.5. The van der Waals surface area contributed by atoms with Gasteiger partial charge in [0.1, 0.15) is 17.2 Å². The van der Waals surface area contributed by atoms with Gasteiger partial charge in [-0.1, -0.05) is 91.0 Å². The zero-order chi connectivity index (χ0) is 31.2. The van der Waals surface area contributed by atoms with E-state index in [4.69, 9.17) is 0 Å². The Bertz CT molecular complexity index is 2100. The van der Waals surface area contributed by atoms with Crippen molar-refractivity contribution in [3.05, 3.63) is 143 Å². The number of phenols is 3. The maximum absolute atomic E-state index is 11.6. The molecule has 46 heavy (non-hydrogen) atoms. The van der Waals surface area contributed by atoms with E-state index in [0.29, 0.717) is 16.7 Å². The van der Waals surface area contributed by atoms with E-state index in [1.807, 2.05) is 72.8 Å². The molecule has 0 bridgehead atoms. The zero-order valence-electron chi connectivity index (χ0n) is 24.2. The number of carbonyl (C=O) groups excluding carboxylic acids is 3. The fourth-order valence-electron chi connectivity index (χ4n) is 6.10. The Morgan fingerprint density at radius 3 is 0.913 bits per heavy atom. The molecular formula is C39H24NdO6. The van der Waals surface area contributed by atoms with Crippen molar-refractivity contribution in [2.75, 3.05) is 0 Å². The fourth-order valence-corrected chi connectivity index (χ4v) is 6.10. The standard InChI is InChI=1S/3C13H8O2.Nd/c3*14-10-6-4-8-2-1-3-9-5-7-11(15)13(10)12(8)9;/h3*1-7,14H;. The van der Waals surface area contributed by atoms with Crippen LogP contribution in [0.1, 0.15) is 47.8 Å². The summed E-state index contributed by atoms with van der Waals surface area (Å²) in [6, 6.07) is 27.6. The molecule has 0 fully saturated rings. The maximum atomic E-state index is 11.6. The average Bonchev–Trinajstić information content (AvgIpc) is 3.05. The van der Waals surface area contributed by atoms with Crippen LogP contribution in [0.5, 0.6) is 17.2 Å². The van der Waals surface area contributed by atoms with Gasteiger partial charge in [0, 0.05) is 57.0 Å². The third-order valence-corrected chi connectivity index (χ3v) is 8.15. The van der Waals surface area contributed by atoms with Crippen molar-refractivity contribution in [1.29, 1.82) is 0 Å². The first-order chi connectivity index (χ1) is 21.8. The van der Waals surface area contributed by atoms with Crippen molar-refractivity contribution in [1.82, 2.24) is 0 Å². The molecule has 9 rings (SSSR count). The van der Waals surface area contributed by atoms with Crippen molar-refractivity contribution in [3.8, 4) is 17.2 Å². The largest absolute Gasteiger partial charge is 0.507 e. The summed E-state index contributed by atoms with van der Waals surface area (Å²) < 4.78 is 0. The molecule has 3 aliphatic carbocycles.